The Labute approximate surface area is 166 Å². The molecule has 1 atom stereocenters. The second kappa shape index (κ2) is 9.16. The Morgan fingerprint density at radius 2 is 1.52 bits per heavy atom. The SMILES string of the molecule is CC(C)N1CCCC(OC(=O)c2ccccc2)(C(=O)c2ccccc2)C1.Cl. The van der Waals surface area contributed by atoms with Crippen molar-refractivity contribution in [3.8, 4) is 0 Å². The number of ether oxygens (including phenoxy) is 1. The molecule has 1 fully saturated rings. The van der Waals surface area contributed by atoms with E-state index in [2.05, 4.69) is 18.7 Å². The Balaban J connectivity index is 0.00000261. The van der Waals surface area contributed by atoms with Crippen molar-refractivity contribution in [2.45, 2.75) is 38.3 Å². The summed E-state index contributed by atoms with van der Waals surface area (Å²) < 4.78 is 5.93. The summed E-state index contributed by atoms with van der Waals surface area (Å²) in [5.74, 6) is -0.562. The predicted molar refractivity (Wildman–Crippen MR) is 109 cm³/mol. The summed E-state index contributed by atoms with van der Waals surface area (Å²) in [6.45, 7) is 5.53. The van der Waals surface area contributed by atoms with E-state index in [1.807, 2.05) is 24.3 Å². The molecule has 0 spiro atoms. The number of carbonyl (C=O) groups is 2. The van der Waals surface area contributed by atoms with Crippen LogP contribution in [0.15, 0.2) is 60.7 Å². The van der Waals surface area contributed by atoms with Crippen LogP contribution in [-0.4, -0.2) is 41.4 Å². The lowest BCUT2D eigenvalue weighted by molar-refractivity contribution is -0.0456. The van der Waals surface area contributed by atoms with Gasteiger partial charge in [-0.05, 0) is 45.4 Å². The summed E-state index contributed by atoms with van der Waals surface area (Å²) in [7, 11) is 0. The fourth-order valence-electron chi connectivity index (χ4n) is 3.47. The van der Waals surface area contributed by atoms with Crippen molar-refractivity contribution in [1.29, 1.82) is 0 Å². The van der Waals surface area contributed by atoms with Crippen LogP contribution in [0.25, 0.3) is 0 Å². The third-order valence-corrected chi connectivity index (χ3v) is 4.96. The molecule has 2 aromatic rings. The van der Waals surface area contributed by atoms with Gasteiger partial charge in [-0.15, -0.1) is 12.4 Å². The first-order chi connectivity index (χ1) is 12.5. The number of Topliss-reactive ketones (excluding diaryl/α,β-unsaturated/α-hetero) is 1. The maximum Gasteiger partial charge on any atom is 0.339 e. The molecule has 0 aromatic heterocycles. The highest BCUT2D eigenvalue weighted by Crippen LogP contribution is 2.31. The smallest absolute Gasteiger partial charge is 0.339 e. The fourth-order valence-corrected chi connectivity index (χ4v) is 3.47. The minimum Gasteiger partial charge on any atom is -0.446 e. The largest absolute Gasteiger partial charge is 0.446 e. The van der Waals surface area contributed by atoms with Crippen LogP contribution in [0.2, 0.25) is 0 Å². The first-order valence-electron chi connectivity index (χ1n) is 9.14. The quantitative estimate of drug-likeness (QED) is 0.563. The number of piperidine rings is 1. The van der Waals surface area contributed by atoms with Gasteiger partial charge in [-0.2, -0.15) is 0 Å². The second-order valence-corrected chi connectivity index (χ2v) is 7.11. The van der Waals surface area contributed by atoms with Gasteiger partial charge in [-0.1, -0.05) is 48.5 Å². The normalized spacial score (nSPS) is 20.0. The molecule has 1 unspecified atom stereocenters. The average molecular weight is 388 g/mol. The summed E-state index contributed by atoms with van der Waals surface area (Å²) in [5, 5.41) is 0. The van der Waals surface area contributed by atoms with Crippen molar-refractivity contribution in [3.05, 3.63) is 71.8 Å². The van der Waals surface area contributed by atoms with E-state index in [-0.39, 0.29) is 24.2 Å². The van der Waals surface area contributed by atoms with Gasteiger partial charge in [0.15, 0.2) is 5.60 Å². The molecule has 0 N–H and O–H groups in total. The number of esters is 1. The number of benzene rings is 2. The number of nitrogens with zero attached hydrogens (tertiary/aromatic N) is 1. The van der Waals surface area contributed by atoms with Crippen LogP contribution in [0, 0.1) is 0 Å². The molecule has 3 rings (SSSR count). The summed E-state index contributed by atoms with van der Waals surface area (Å²) in [5.41, 5.74) is -0.0926. The van der Waals surface area contributed by atoms with Crippen LogP contribution in [0.1, 0.15) is 47.4 Å². The third-order valence-electron chi connectivity index (χ3n) is 4.96. The van der Waals surface area contributed by atoms with E-state index in [0.29, 0.717) is 24.1 Å². The molecule has 27 heavy (non-hydrogen) atoms. The molecule has 0 radical (unpaired) electrons. The Hall–Kier alpha value is -2.17. The number of hydrogen-bond acceptors (Lipinski definition) is 4. The van der Waals surface area contributed by atoms with Gasteiger partial charge in [0.1, 0.15) is 0 Å². The van der Waals surface area contributed by atoms with E-state index >= 15 is 0 Å². The molecule has 1 aliphatic heterocycles. The summed E-state index contributed by atoms with van der Waals surface area (Å²) in [6.07, 6.45) is 1.36. The zero-order chi connectivity index (χ0) is 18.6. The molecule has 1 heterocycles. The number of halogens is 1. The van der Waals surface area contributed by atoms with Gasteiger partial charge in [0, 0.05) is 18.2 Å². The average Bonchev–Trinajstić information content (AvgIpc) is 2.69. The van der Waals surface area contributed by atoms with Crippen molar-refractivity contribution in [3.63, 3.8) is 0 Å². The zero-order valence-corrected chi connectivity index (χ0v) is 16.6. The van der Waals surface area contributed by atoms with Gasteiger partial charge in [-0.3, -0.25) is 9.69 Å². The molecule has 0 aliphatic carbocycles. The second-order valence-electron chi connectivity index (χ2n) is 7.11. The van der Waals surface area contributed by atoms with Gasteiger partial charge in [0.2, 0.25) is 5.78 Å². The Bertz CT molecular complexity index is 764. The first-order valence-corrected chi connectivity index (χ1v) is 9.14. The molecule has 144 valence electrons. The molecule has 1 saturated heterocycles. The Morgan fingerprint density at radius 1 is 0.963 bits per heavy atom. The summed E-state index contributed by atoms with van der Waals surface area (Å²) in [4.78, 5) is 28.3. The number of hydrogen-bond donors (Lipinski definition) is 0. The van der Waals surface area contributed by atoms with Crippen molar-refractivity contribution < 1.29 is 14.3 Å². The summed E-state index contributed by atoms with van der Waals surface area (Å²) in [6, 6.07) is 18.3. The van der Waals surface area contributed by atoms with Crippen LogP contribution in [0.4, 0.5) is 0 Å². The molecular weight excluding hydrogens is 362 g/mol. The lowest BCUT2D eigenvalue weighted by Crippen LogP contribution is -2.57. The maximum atomic E-state index is 13.4. The number of rotatable bonds is 5. The molecule has 2 aromatic carbocycles. The van der Waals surface area contributed by atoms with Crippen LogP contribution in [-0.2, 0) is 4.74 Å². The zero-order valence-electron chi connectivity index (χ0n) is 15.8. The molecule has 0 bridgehead atoms. The van der Waals surface area contributed by atoms with Crippen LogP contribution in [0.3, 0.4) is 0 Å². The standard InChI is InChI=1S/C22H25NO3.ClH/c1-17(2)23-15-9-14-22(16-23,20(24)18-10-5-3-6-11-18)26-21(25)19-12-7-4-8-13-19;/h3-8,10-13,17H,9,14-16H2,1-2H3;1H. The highest BCUT2D eigenvalue weighted by atomic mass is 35.5. The molecule has 4 nitrogen and oxygen atoms in total. The first kappa shape index (κ1) is 21.1. The van der Waals surface area contributed by atoms with Crippen LogP contribution < -0.4 is 0 Å². The molecular formula is C22H26ClNO3. The van der Waals surface area contributed by atoms with Crippen molar-refractivity contribution in [2.24, 2.45) is 0 Å². The minimum absolute atomic E-state index is 0. The van der Waals surface area contributed by atoms with Crippen molar-refractivity contribution in [2.75, 3.05) is 13.1 Å². The molecule has 1 aliphatic rings. The lowest BCUT2D eigenvalue weighted by Gasteiger charge is -2.42. The topological polar surface area (TPSA) is 46.6 Å². The van der Waals surface area contributed by atoms with Gasteiger partial charge < -0.3 is 4.74 Å². The van der Waals surface area contributed by atoms with E-state index < -0.39 is 11.6 Å². The highest BCUT2D eigenvalue weighted by molar-refractivity contribution is 6.04. The van der Waals surface area contributed by atoms with Gasteiger partial charge in [0.05, 0.1) is 5.56 Å². The predicted octanol–water partition coefficient (Wildman–Crippen LogP) is 4.39. The van der Waals surface area contributed by atoms with Crippen LogP contribution in [0.5, 0.6) is 0 Å². The van der Waals surface area contributed by atoms with E-state index in [1.165, 1.54) is 0 Å². The number of likely N-dealkylation sites (tertiary alicyclic amines) is 1. The van der Waals surface area contributed by atoms with Gasteiger partial charge >= 0.3 is 5.97 Å². The summed E-state index contributed by atoms with van der Waals surface area (Å²) >= 11 is 0. The van der Waals surface area contributed by atoms with Crippen molar-refractivity contribution in [1.82, 2.24) is 4.90 Å². The minimum atomic E-state index is -1.14. The van der Waals surface area contributed by atoms with E-state index in [0.717, 1.165) is 13.0 Å². The van der Waals surface area contributed by atoms with Gasteiger partial charge in [-0.25, -0.2) is 4.79 Å². The lowest BCUT2D eigenvalue weighted by atomic mass is 9.84. The number of carbonyl (C=O) groups excluding carboxylic acids is 2. The fraction of sp³-hybridized carbons (Fsp3) is 0.364. The monoisotopic (exact) mass is 387 g/mol. The highest BCUT2D eigenvalue weighted by Gasteiger charge is 2.46. The number of ketones is 1. The Morgan fingerprint density at radius 3 is 2.07 bits per heavy atom. The van der Waals surface area contributed by atoms with Crippen LogP contribution >= 0.6 is 12.4 Å². The van der Waals surface area contributed by atoms with E-state index in [9.17, 15) is 9.59 Å². The Kier molecular flexibility index (Phi) is 7.17. The maximum absolute atomic E-state index is 13.4. The van der Waals surface area contributed by atoms with E-state index in [4.69, 9.17) is 4.74 Å². The van der Waals surface area contributed by atoms with Crippen molar-refractivity contribution >= 4 is 24.2 Å². The molecule has 0 saturated carbocycles. The molecule has 0 amide bonds. The van der Waals surface area contributed by atoms with Gasteiger partial charge in [0.25, 0.3) is 0 Å². The van der Waals surface area contributed by atoms with E-state index in [1.54, 1.807) is 36.4 Å². The molecule has 5 heteroatoms. The third kappa shape index (κ3) is 4.76.